The molecule has 10 heteroatoms. The van der Waals surface area contributed by atoms with E-state index in [1.165, 1.54) is 0 Å². The van der Waals surface area contributed by atoms with Crippen LogP contribution in [0.2, 0.25) is 0 Å². The lowest BCUT2D eigenvalue weighted by Crippen LogP contribution is -2.28. The Hall–Kier alpha value is -2.42. The van der Waals surface area contributed by atoms with Crippen molar-refractivity contribution in [3.05, 3.63) is 54.7 Å². The fourth-order valence-electron chi connectivity index (χ4n) is 3.17. The SMILES string of the molecule is Cl.Cl.Cn1cc([C@H]2CNC[C@@H]2C(=O)Nc2ccc(-n3cccn3)nc2)cn1. The van der Waals surface area contributed by atoms with Gasteiger partial charge in [-0.25, -0.2) is 9.67 Å². The van der Waals surface area contributed by atoms with Crippen LogP contribution in [-0.2, 0) is 11.8 Å². The Balaban J connectivity index is 0.00000131. The van der Waals surface area contributed by atoms with Crippen molar-refractivity contribution in [3.8, 4) is 5.82 Å². The third kappa shape index (κ3) is 4.47. The van der Waals surface area contributed by atoms with E-state index in [1.807, 2.05) is 43.8 Å². The molecular formula is C17H21Cl2N7O. The summed E-state index contributed by atoms with van der Waals surface area (Å²) in [6.07, 6.45) is 8.97. The van der Waals surface area contributed by atoms with Crippen LogP contribution in [0, 0.1) is 5.92 Å². The Morgan fingerprint density at radius 2 is 2.07 bits per heavy atom. The Morgan fingerprint density at radius 1 is 1.22 bits per heavy atom. The van der Waals surface area contributed by atoms with E-state index in [9.17, 15) is 4.79 Å². The summed E-state index contributed by atoms with van der Waals surface area (Å²) in [5.74, 6) is 0.700. The Bertz CT molecular complexity index is 864. The number of rotatable bonds is 4. The zero-order chi connectivity index (χ0) is 17.2. The molecule has 0 aromatic carbocycles. The van der Waals surface area contributed by atoms with Crippen molar-refractivity contribution in [1.29, 1.82) is 0 Å². The van der Waals surface area contributed by atoms with Gasteiger partial charge in [0.05, 0.1) is 24.0 Å². The molecule has 0 bridgehead atoms. The van der Waals surface area contributed by atoms with Gasteiger partial charge in [0.15, 0.2) is 5.82 Å². The number of anilines is 1. The third-order valence-electron chi connectivity index (χ3n) is 4.46. The standard InChI is InChI=1S/C17H19N7O.2ClH/c1-23-11-12(7-21-23)14-9-18-10-15(14)17(25)22-13-3-4-16(19-8-13)24-6-2-5-20-24;;/h2-8,11,14-15,18H,9-10H2,1H3,(H,22,25);2*1H/t14-,15+;;/m1../s1. The minimum absolute atomic E-state index is 0. The number of carbonyl (C=O) groups excluding carboxylic acids is 1. The number of carbonyl (C=O) groups is 1. The van der Waals surface area contributed by atoms with Crippen molar-refractivity contribution in [2.45, 2.75) is 5.92 Å². The lowest BCUT2D eigenvalue weighted by Gasteiger charge is -2.17. The molecule has 0 radical (unpaired) electrons. The van der Waals surface area contributed by atoms with Crippen LogP contribution in [0.4, 0.5) is 5.69 Å². The zero-order valence-corrected chi connectivity index (χ0v) is 16.3. The minimum Gasteiger partial charge on any atom is -0.324 e. The lowest BCUT2D eigenvalue weighted by molar-refractivity contribution is -0.119. The molecule has 1 saturated heterocycles. The van der Waals surface area contributed by atoms with Crippen molar-refractivity contribution >= 4 is 36.4 Å². The quantitative estimate of drug-likeness (QED) is 0.685. The molecule has 1 aliphatic heterocycles. The maximum absolute atomic E-state index is 12.7. The zero-order valence-electron chi connectivity index (χ0n) is 14.6. The number of nitrogens with zero attached hydrogens (tertiary/aromatic N) is 5. The summed E-state index contributed by atoms with van der Waals surface area (Å²) < 4.78 is 3.44. The van der Waals surface area contributed by atoms with Gasteiger partial charge in [0.1, 0.15) is 0 Å². The van der Waals surface area contributed by atoms with E-state index in [4.69, 9.17) is 0 Å². The molecule has 1 aliphatic rings. The van der Waals surface area contributed by atoms with E-state index in [0.717, 1.165) is 12.1 Å². The van der Waals surface area contributed by atoms with Crippen LogP contribution < -0.4 is 10.6 Å². The molecule has 0 saturated carbocycles. The predicted molar refractivity (Wildman–Crippen MR) is 107 cm³/mol. The number of amides is 1. The second-order valence-electron chi connectivity index (χ2n) is 6.16. The number of halogens is 2. The summed E-state index contributed by atoms with van der Waals surface area (Å²) in [4.78, 5) is 17.0. The van der Waals surface area contributed by atoms with Gasteiger partial charge in [-0.2, -0.15) is 10.2 Å². The molecule has 3 aromatic heterocycles. The van der Waals surface area contributed by atoms with Crippen LogP contribution in [0.1, 0.15) is 11.5 Å². The molecule has 2 atom stereocenters. The molecule has 2 N–H and O–H groups in total. The highest BCUT2D eigenvalue weighted by Crippen LogP contribution is 2.28. The number of hydrogen-bond acceptors (Lipinski definition) is 5. The molecule has 1 amide bonds. The normalized spacial score (nSPS) is 18.4. The van der Waals surface area contributed by atoms with Crippen LogP contribution in [0.25, 0.3) is 5.82 Å². The van der Waals surface area contributed by atoms with Crippen LogP contribution in [0.3, 0.4) is 0 Å². The molecule has 27 heavy (non-hydrogen) atoms. The molecule has 0 spiro atoms. The summed E-state index contributed by atoms with van der Waals surface area (Å²) in [5.41, 5.74) is 1.76. The highest BCUT2D eigenvalue weighted by molar-refractivity contribution is 5.93. The maximum atomic E-state index is 12.7. The first-order valence-electron chi connectivity index (χ1n) is 8.17. The summed E-state index contributed by atoms with van der Waals surface area (Å²) in [6.45, 7) is 1.43. The van der Waals surface area contributed by atoms with Crippen molar-refractivity contribution in [2.24, 2.45) is 13.0 Å². The molecule has 8 nitrogen and oxygen atoms in total. The number of hydrogen-bond donors (Lipinski definition) is 2. The van der Waals surface area contributed by atoms with Gasteiger partial charge >= 0.3 is 0 Å². The highest BCUT2D eigenvalue weighted by atomic mass is 35.5. The molecule has 4 rings (SSSR count). The van der Waals surface area contributed by atoms with Crippen LogP contribution in [-0.4, -0.2) is 43.5 Å². The average molecular weight is 410 g/mol. The van der Waals surface area contributed by atoms with Gasteiger partial charge in [-0.05, 0) is 23.8 Å². The Morgan fingerprint density at radius 3 is 2.70 bits per heavy atom. The predicted octanol–water partition coefficient (Wildman–Crippen LogP) is 1.79. The summed E-state index contributed by atoms with van der Waals surface area (Å²) >= 11 is 0. The Kier molecular flexibility index (Phi) is 6.95. The van der Waals surface area contributed by atoms with Crippen LogP contribution in [0.15, 0.2) is 49.2 Å². The van der Waals surface area contributed by atoms with Crippen LogP contribution >= 0.6 is 24.8 Å². The molecule has 144 valence electrons. The maximum Gasteiger partial charge on any atom is 0.229 e. The van der Waals surface area contributed by atoms with Gasteiger partial charge in [0, 0.05) is 44.6 Å². The minimum atomic E-state index is -0.130. The number of aromatic nitrogens is 5. The van der Waals surface area contributed by atoms with Gasteiger partial charge in [-0.1, -0.05) is 0 Å². The molecule has 4 heterocycles. The second kappa shape index (κ2) is 8.98. The van der Waals surface area contributed by atoms with E-state index in [0.29, 0.717) is 18.1 Å². The Labute approximate surface area is 169 Å². The van der Waals surface area contributed by atoms with Crippen molar-refractivity contribution in [3.63, 3.8) is 0 Å². The highest BCUT2D eigenvalue weighted by Gasteiger charge is 2.34. The van der Waals surface area contributed by atoms with Gasteiger partial charge in [0.2, 0.25) is 5.91 Å². The van der Waals surface area contributed by atoms with E-state index < -0.39 is 0 Å². The monoisotopic (exact) mass is 409 g/mol. The first-order chi connectivity index (χ1) is 12.2. The van der Waals surface area contributed by atoms with Gasteiger partial charge in [-0.3, -0.25) is 9.48 Å². The van der Waals surface area contributed by atoms with Gasteiger partial charge in [0.25, 0.3) is 0 Å². The van der Waals surface area contributed by atoms with E-state index >= 15 is 0 Å². The number of nitrogens with one attached hydrogen (secondary N) is 2. The largest absolute Gasteiger partial charge is 0.324 e. The first kappa shape index (κ1) is 20.9. The smallest absolute Gasteiger partial charge is 0.229 e. The average Bonchev–Trinajstić information content (AvgIpc) is 3.36. The molecular weight excluding hydrogens is 389 g/mol. The molecule has 1 fully saturated rings. The van der Waals surface area contributed by atoms with E-state index in [-0.39, 0.29) is 42.6 Å². The summed E-state index contributed by atoms with van der Waals surface area (Å²) in [6, 6.07) is 5.50. The van der Waals surface area contributed by atoms with Crippen molar-refractivity contribution < 1.29 is 4.79 Å². The lowest BCUT2D eigenvalue weighted by atomic mass is 9.90. The molecule has 3 aromatic rings. The van der Waals surface area contributed by atoms with E-state index in [2.05, 4.69) is 25.8 Å². The van der Waals surface area contributed by atoms with E-state index in [1.54, 1.807) is 21.8 Å². The topological polar surface area (TPSA) is 89.7 Å². The van der Waals surface area contributed by atoms with Crippen molar-refractivity contribution in [1.82, 2.24) is 29.9 Å². The summed E-state index contributed by atoms with van der Waals surface area (Å²) in [5, 5.41) is 14.6. The summed E-state index contributed by atoms with van der Waals surface area (Å²) in [7, 11) is 1.88. The van der Waals surface area contributed by atoms with Gasteiger partial charge in [-0.15, -0.1) is 24.8 Å². The number of aryl methyl sites for hydroxylation is 1. The number of pyridine rings is 1. The van der Waals surface area contributed by atoms with Crippen LogP contribution in [0.5, 0.6) is 0 Å². The van der Waals surface area contributed by atoms with Crippen molar-refractivity contribution in [2.75, 3.05) is 18.4 Å². The third-order valence-corrected chi connectivity index (χ3v) is 4.46. The fourth-order valence-corrected chi connectivity index (χ4v) is 3.17. The fraction of sp³-hybridized carbons (Fsp3) is 0.294. The molecule has 0 aliphatic carbocycles. The second-order valence-corrected chi connectivity index (χ2v) is 6.16. The van der Waals surface area contributed by atoms with Gasteiger partial charge < -0.3 is 10.6 Å². The molecule has 0 unspecified atom stereocenters. The first-order valence-corrected chi connectivity index (χ1v) is 8.17.